The van der Waals surface area contributed by atoms with Crippen LogP contribution < -0.4 is 16.6 Å². The molecule has 0 saturated carbocycles. The topological polar surface area (TPSA) is 115 Å². The van der Waals surface area contributed by atoms with E-state index in [2.05, 4.69) is 10.3 Å². The summed E-state index contributed by atoms with van der Waals surface area (Å²) in [5, 5.41) is 1.92. The minimum absolute atomic E-state index is 0.241. The molecule has 13 heteroatoms. The van der Waals surface area contributed by atoms with Gasteiger partial charge in [-0.25, -0.2) is 9.37 Å². The van der Waals surface area contributed by atoms with Gasteiger partial charge in [0.25, 0.3) is 17.4 Å². The van der Waals surface area contributed by atoms with Gasteiger partial charge in [-0.2, -0.15) is 13.2 Å². The molecule has 3 N–H and O–H groups in total. The Morgan fingerprint density at radius 3 is 2.57 bits per heavy atom. The van der Waals surface area contributed by atoms with E-state index >= 15 is 0 Å². The van der Waals surface area contributed by atoms with Crippen molar-refractivity contribution in [3.05, 3.63) is 75.2 Å². The number of nitrogens with one attached hydrogen (secondary N) is 1. The van der Waals surface area contributed by atoms with Crippen LogP contribution in [0.2, 0.25) is 0 Å². The molecular formula is C24H22F4N6O3. The van der Waals surface area contributed by atoms with Crippen molar-refractivity contribution in [2.75, 3.05) is 19.3 Å². The number of primary amides is 1. The number of imidazole rings is 1. The van der Waals surface area contributed by atoms with Crippen molar-refractivity contribution in [2.45, 2.75) is 19.1 Å². The van der Waals surface area contributed by atoms with Gasteiger partial charge in [-0.3, -0.25) is 23.4 Å². The van der Waals surface area contributed by atoms with E-state index in [1.54, 1.807) is 0 Å². The van der Waals surface area contributed by atoms with Crippen molar-refractivity contribution in [1.29, 1.82) is 0 Å². The van der Waals surface area contributed by atoms with Crippen LogP contribution >= 0.6 is 0 Å². The average Bonchev–Trinajstić information content (AvgIpc) is 3.30. The number of halogens is 4. The molecule has 2 aromatic heterocycles. The molecule has 0 spiro atoms. The van der Waals surface area contributed by atoms with E-state index in [-0.39, 0.29) is 5.69 Å². The second-order valence-corrected chi connectivity index (χ2v) is 8.01. The van der Waals surface area contributed by atoms with Crippen LogP contribution in [-0.2, 0) is 13.2 Å². The first-order valence-electron chi connectivity index (χ1n) is 13.8. The van der Waals surface area contributed by atoms with Gasteiger partial charge in [-0.05, 0) is 42.8 Å². The maximum absolute atomic E-state index is 14.0. The zero-order valence-electron chi connectivity index (χ0n) is 26.1. The summed E-state index contributed by atoms with van der Waals surface area (Å²) in [5.74, 6) is -3.64. The lowest BCUT2D eigenvalue weighted by atomic mass is 9.99. The van der Waals surface area contributed by atoms with Crippen LogP contribution in [0.1, 0.15) is 54.5 Å². The number of nitrogens with two attached hydrogens (primary N) is 1. The third kappa shape index (κ3) is 4.36. The lowest BCUT2D eigenvalue weighted by Gasteiger charge is -2.22. The Balaban J connectivity index is 2.10. The second kappa shape index (κ2) is 8.91. The van der Waals surface area contributed by atoms with Gasteiger partial charge in [0.05, 0.1) is 29.4 Å². The van der Waals surface area contributed by atoms with Crippen LogP contribution in [0.15, 0.2) is 41.5 Å². The molecule has 1 atom stereocenters. The van der Waals surface area contributed by atoms with E-state index in [0.717, 1.165) is 42.9 Å². The summed E-state index contributed by atoms with van der Waals surface area (Å²) < 4.78 is 112. The Labute approximate surface area is 216 Å². The molecule has 1 unspecified atom stereocenters. The first-order chi connectivity index (χ1) is 20.0. The van der Waals surface area contributed by atoms with Gasteiger partial charge in [0, 0.05) is 34.9 Å². The zero-order chi connectivity index (χ0) is 33.3. The molecule has 0 aliphatic carbocycles. The number of alkyl halides is 3. The predicted octanol–water partition coefficient (Wildman–Crippen LogP) is 3.32. The normalized spacial score (nSPS) is 17.0. The minimum Gasteiger partial charge on any atom is -0.378 e. The molecule has 0 radical (unpaired) electrons. The fourth-order valence-electron chi connectivity index (χ4n) is 3.96. The summed E-state index contributed by atoms with van der Waals surface area (Å²) in [7, 11) is 1.04. The van der Waals surface area contributed by atoms with Gasteiger partial charge in [-0.1, -0.05) is 0 Å². The maximum Gasteiger partial charge on any atom is 0.416 e. The average molecular weight is 526 g/mol. The van der Waals surface area contributed by atoms with Crippen molar-refractivity contribution in [1.82, 2.24) is 18.9 Å². The predicted molar refractivity (Wildman–Crippen MR) is 128 cm³/mol. The Bertz CT molecular complexity index is 1880. The van der Waals surface area contributed by atoms with E-state index in [1.807, 2.05) is 0 Å². The number of aryl methyl sites for hydroxylation is 1. The number of nitrogens with zero attached hydrogens (tertiary/aromatic N) is 4. The number of hydrogen-bond donors (Lipinski definition) is 2. The van der Waals surface area contributed by atoms with Crippen LogP contribution in [0, 0.1) is 5.82 Å². The van der Waals surface area contributed by atoms with Crippen molar-refractivity contribution >= 4 is 34.1 Å². The molecule has 0 aliphatic rings. The molecule has 0 bridgehead atoms. The fraction of sp³-hybridized carbons (Fsp3) is 0.250. The molecule has 0 fully saturated rings. The maximum atomic E-state index is 14.0. The lowest BCUT2D eigenvalue weighted by Crippen LogP contribution is -2.26. The van der Waals surface area contributed by atoms with Gasteiger partial charge in [-0.15, -0.1) is 0 Å². The number of amides is 2. The highest BCUT2D eigenvalue weighted by atomic mass is 19.4. The van der Waals surface area contributed by atoms with Crippen LogP contribution in [0.3, 0.4) is 0 Å². The molecule has 37 heavy (non-hydrogen) atoms. The van der Waals surface area contributed by atoms with Crippen LogP contribution in [0.5, 0.6) is 0 Å². The van der Waals surface area contributed by atoms with E-state index in [0.29, 0.717) is 16.7 Å². The van der Waals surface area contributed by atoms with Gasteiger partial charge in [0.2, 0.25) is 0 Å². The fourth-order valence-corrected chi connectivity index (χ4v) is 3.96. The first-order valence-corrected chi connectivity index (χ1v) is 10.3. The minimum atomic E-state index is -5.02. The molecule has 194 valence electrons. The van der Waals surface area contributed by atoms with E-state index in [4.69, 9.17) is 15.3 Å². The standard InChI is InChI=1S/C24H22F4N6O3/c1-11(31-17-6-5-13(25)9-15(17)20(29)35)14-7-12(24(26,27)28)8-16-19(14)34-10-30-18(23(37)32(2)3)21(34)33(4)22(16)36/h5-11,31H,1-4H3,(H2,29,35)/i2D3,3D3,11D. The summed E-state index contributed by atoms with van der Waals surface area (Å²) in [6.07, 6.45) is -4.18. The molecule has 2 heterocycles. The Morgan fingerprint density at radius 1 is 1.24 bits per heavy atom. The molecule has 2 aromatic carbocycles. The van der Waals surface area contributed by atoms with Gasteiger partial charge >= 0.3 is 6.18 Å². The molecule has 4 aromatic rings. The number of carbonyl (C=O) groups is 2. The molecule has 2 amide bonds. The summed E-state index contributed by atoms with van der Waals surface area (Å²) in [6, 6.07) is 1.36. The first kappa shape index (κ1) is 17.9. The number of anilines is 1. The van der Waals surface area contributed by atoms with Crippen LogP contribution in [-0.4, -0.2) is 44.6 Å². The van der Waals surface area contributed by atoms with Crippen molar-refractivity contribution in [3.63, 3.8) is 0 Å². The van der Waals surface area contributed by atoms with Gasteiger partial charge in [0.1, 0.15) is 12.1 Å². The SMILES string of the molecule is [2H]C(C)(Nc1ccc(F)cc1C(N)=O)c1cc(C(F)(F)F)cc2c(=O)n(C)c3c(C(=O)N(C([2H])([2H])[2H])C([2H])([2H])[2H])ncn3c12. The smallest absolute Gasteiger partial charge is 0.378 e. The summed E-state index contributed by atoms with van der Waals surface area (Å²) in [4.78, 5) is 42.2. The van der Waals surface area contributed by atoms with Gasteiger partial charge in [0.15, 0.2) is 11.3 Å². The molecule has 0 aliphatic heterocycles. The molecule has 9 nitrogen and oxygen atoms in total. The van der Waals surface area contributed by atoms with Crippen molar-refractivity contribution in [2.24, 2.45) is 12.8 Å². The van der Waals surface area contributed by atoms with Crippen molar-refractivity contribution in [3.8, 4) is 0 Å². The summed E-state index contributed by atoms with van der Waals surface area (Å²) in [6.45, 7) is -5.91. The van der Waals surface area contributed by atoms with E-state index in [9.17, 15) is 31.9 Å². The molecule has 4 rings (SSSR count). The number of carbonyl (C=O) groups excluding carboxylic acids is 2. The third-order valence-corrected chi connectivity index (χ3v) is 5.65. The van der Waals surface area contributed by atoms with Crippen LogP contribution in [0.25, 0.3) is 16.6 Å². The summed E-state index contributed by atoms with van der Waals surface area (Å²) in [5.41, 5.74) is -0.138. The number of hydrogen-bond acceptors (Lipinski definition) is 5. The zero-order valence-corrected chi connectivity index (χ0v) is 19.1. The number of aromatic nitrogens is 3. The largest absolute Gasteiger partial charge is 0.416 e. The third-order valence-electron chi connectivity index (χ3n) is 5.65. The highest BCUT2D eigenvalue weighted by Crippen LogP contribution is 2.36. The lowest BCUT2D eigenvalue weighted by molar-refractivity contribution is -0.137. The van der Waals surface area contributed by atoms with E-state index < -0.39 is 93.2 Å². The van der Waals surface area contributed by atoms with Gasteiger partial charge < -0.3 is 16.0 Å². The Kier molecular flexibility index (Phi) is 4.31. The van der Waals surface area contributed by atoms with E-state index in [1.165, 1.54) is 0 Å². The summed E-state index contributed by atoms with van der Waals surface area (Å²) >= 11 is 0. The Morgan fingerprint density at radius 2 is 1.95 bits per heavy atom. The quantitative estimate of drug-likeness (QED) is 0.388. The van der Waals surface area contributed by atoms with Crippen LogP contribution in [0.4, 0.5) is 23.2 Å². The van der Waals surface area contributed by atoms with Crippen molar-refractivity contribution < 1.29 is 36.7 Å². The Hall–Kier alpha value is -4.42. The number of rotatable bonds is 5. The monoisotopic (exact) mass is 525 g/mol. The number of fused-ring (bicyclic) bond motifs is 3. The number of benzene rings is 2. The molecule has 0 saturated heterocycles. The second-order valence-electron chi connectivity index (χ2n) is 8.01. The molecular weight excluding hydrogens is 496 g/mol. The highest BCUT2D eigenvalue weighted by molar-refractivity contribution is 6.00. The highest BCUT2D eigenvalue weighted by Gasteiger charge is 2.33.